The van der Waals surface area contributed by atoms with Crippen LogP contribution in [0.3, 0.4) is 0 Å². The van der Waals surface area contributed by atoms with Crippen molar-refractivity contribution in [2.45, 2.75) is 50.0 Å². The Morgan fingerprint density at radius 1 is 1.09 bits per heavy atom. The maximum atomic E-state index is 13.5. The SMILES string of the molecule is COC[C@H]1[C@@H](O)[C@@H]2O[C@@]34/C(C)=C\[C@@H](C)[C@@H]([C@@H](O)COC)OC(=O)[C@@H](COC)[C@H]3C=CC2C4[C@@H]1O. The Bertz CT molecular complexity index is 812. The van der Waals surface area contributed by atoms with Crippen LogP contribution in [0.25, 0.3) is 0 Å². The predicted octanol–water partition coefficient (Wildman–Crippen LogP) is 0.318. The maximum Gasteiger partial charge on any atom is 0.312 e. The van der Waals surface area contributed by atoms with Gasteiger partial charge in [0.1, 0.15) is 17.8 Å². The van der Waals surface area contributed by atoms with Crippen molar-refractivity contribution in [1.82, 2.24) is 0 Å². The standard InChI is InChI=1S/C25H38O9/c1-12-8-13(2)25-17(15(9-30-3)24(29)33-22(12)18(26)11-32-5)7-6-14-19(25)20(27)16(10-31-4)21(28)23(14)34-25/h6-8,12,14-23,26-28H,9-11H2,1-5H3/b13-8-/t12-,14?,15+,16-,17-,18+,19?,20-,21-,22+,23-,25+/m1/s1. The first-order chi connectivity index (χ1) is 16.2. The average Bonchev–Trinajstić information content (AvgIpc) is 3.00. The van der Waals surface area contributed by atoms with Crippen molar-refractivity contribution in [3.8, 4) is 0 Å². The highest BCUT2D eigenvalue weighted by molar-refractivity contribution is 5.74. The van der Waals surface area contributed by atoms with Crippen molar-refractivity contribution in [2.75, 3.05) is 41.2 Å². The minimum Gasteiger partial charge on any atom is -0.459 e. The van der Waals surface area contributed by atoms with Crippen molar-refractivity contribution >= 4 is 5.97 Å². The fourth-order valence-corrected chi connectivity index (χ4v) is 6.87. The lowest BCUT2D eigenvalue weighted by Crippen LogP contribution is -2.59. The summed E-state index contributed by atoms with van der Waals surface area (Å²) < 4.78 is 28.5. The molecule has 9 heteroatoms. The fraction of sp³-hybridized carbons (Fsp3) is 0.800. The molecule has 0 amide bonds. The number of methoxy groups -OCH3 is 3. The van der Waals surface area contributed by atoms with Crippen molar-refractivity contribution in [2.24, 2.45) is 35.5 Å². The smallest absolute Gasteiger partial charge is 0.312 e. The number of ether oxygens (including phenoxy) is 5. The maximum absolute atomic E-state index is 13.5. The van der Waals surface area contributed by atoms with Gasteiger partial charge in [-0.2, -0.15) is 0 Å². The van der Waals surface area contributed by atoms with Gasteiger partial charge < -0.3 is 39.0 Å². The molecule has 4 rings (SSSR count). The number of hydrogen-bond donors (Lipinski definition) is 3. The van der Waals surface area contributed by atoms with Crippen LogP contribution in [-0.4, -0.2) is 98.6 Å². The van der Waals surface area contributed by atoms with Crippen molar-refractivity contribution in [3.63, 3.8) is 0 Å². The van der Waals surface area contributed by atoms with Gasteiger partial charge in [-0.3, -0.25) is 4.79 Å². The third-order valence-electron chi connectivity index (χ3n) is 8.30. The van der Waals surface area contributed by atoms with Gasteiger partial charge in [0, 0.05) is 50.9 Å². The molecule has 0 radical (unpaired) electrons. The highest BCUT2D eigenvalue weighted by atomic mass is 16.6. The first-order valence-corrected chi connectivity index (χ1v) is 12.0. The normalized spacial score (nSPS) is 48.1. The highest BCUT2D eigenvalue weighted by Crippen LogP contribution is 2.61. The monoisotopic (exact) mass is 482 g/mol. The molecule has 12 atom stereocenters. The molecule has 3 N–H and O–H groups in total. The number of rotatable bonds is 7. The molecule has 0 aromatic heterocycles. The molecule has 9 nitrogen and oxygen atoms in total. The van der Waals surface area contributed by atoms with Crippen LogP contribution in [0, 0.1) is 35.5 Å². The second-order valence-electron chi connectivity index (χ2n) is 10.2. The van der Waals surface area contributed by atoms with Crippen molar-refractivity contribution < 1.29 is 43.8 Å². The molecule has 2 aliphatic carbocycles. The van der Waals surface area contributed by atoms with E-state index in [4.69, 9.17) is 23.7 Å². The molecule has 2 aliphatic heterocycles. The molecule has 2 heterocycles. The minimum absolute atomic E-state index is 0.0193. The topological polar surface area (TPSA) is 124 Å². The Balaban J connectivity index is 1.85. The van der Waals surface area contributed by atoms with Crippen LogP contribution in [0.2, 0.25) is 0 Å². The number of hydrogen-bond acceptors (Lipinski definition) is 9. The van der Waals surface area contributed by atoms with Crippen LogP contribution < -0.4 is 0 Å². The highest BCUT2D eigenvalue weighted by Gasteiger charge is 2.70. The van der Waals surface area contributed by atoms with E-state index in [1.54, 1.807) is 7.11 Å². The molecule has 0 aromatic carbocycles. The summed E-state index contributed by atoms with van der Waals surface area (Å²) in [5.41, 5.74) is -0.199. The average molecular weight is 483 g/mol. The zero-order valence-corrected chi connectivity index (χ0v) is 20.5. The molecule has 4 bridgehead atoms. The summed E-state index contributed by atoms with van der Waals surface area (Å²) in [4.78, 5) is 13.5. The lowest BCUT2D eigenvalue weighted by Gasteiger charge is -2.49. The van der Waals surface area contributed by atoms with Crippen LogP contribution in [0.5, 0.6) is 0 Å². The lowest BCUT2D eigenvalue weighted by molar-refractivity contribution is -0.173. The van der Waals surface area contributed by atoms with Crippen LogP contribution in [0.4, 0.5) is 0 Å². The van der Waals surface area contributed by atoms with E-state index in [9.17, 15) is 20.1 Å². The van der Waals surface area contributed by atoms with Crippen LogP contribution in [-0.2, 0) is 28.5 Å². The third kappa shape index (κ3) is 3.86. The Morgan fingerprint density at radius 2 is 1.79 bits per heavy atom. The number of aliphatic hydroxyl groups excluding tert-OH is 3. The molecule has 192 valence electrons. The second-order valence-corrected chi connectivity index (χ2v) is 10.2. The first-order valence-electron chi connectivity index (χ1n) is 12.0. The van der Waals surface area contributed by atoms with Gasteiger partial charge in [0.15, 0.2) is 0 Å². The number of esters is 1. The summed E-state index contributed by atoms with van der Waals surface area (Å²) in [5.74, 6) is -3.18. The van der Waals surface area contributed by atoms with E-state index in [0.717, 1.165) is 5.57 Å². The molecule has 1 spiro atoms. The van der Waals surface area contributed by atoms with E-state index >= 15 is 0 Å². The van der Waals surface area contributed by atoms with Gasteiger partial charge in [-0.1, -0.05) is 25.2 Å². The number of aliphatic hydroxyl groups is 3. The van der Waals surface area contributed by atoms with Crippen molar-refractivity contribution in [1.29, 1.82) is 0 Å². The van der Waals surface area contributed by atoms with E-state index in [2.05, 4.69) is 0 Å². The molecule has 34 heavy (non-hydrogen) atoms. The lowest BCUT2D eigenvalue weighted by atomic mass is 9.56. The quantitative estimate of drug-likeness (QED) is 0.348. The van der Waals surface area contributed by atoms with Crippen LogP contribution in [0.15, 0.2) is 23.8 Å². The molecular formula is C25H38O9. The number of carbonyl (C=O) groups is 1. The zero-order chi connectivity index (χ0) is 24.8. The summed E-state index contributed by atoms with van der Waals surface area (Å²) in [6.45, 7) is 4.11. The van der Waals surface area contributed by atoms with Gasteiger partial charge >= 0.3 is 5.97 Å². The number of cyclic esters (lactones) is 1. The van der Waals surface area contributed by atoms with E-state index < -0.39 is 59.8 Å². The first kappa shape index (κ1) is 25.8. The molecule has 4 aliphatic rings. The van der Waals surface area contributed by atoms with Crippen LogP contribution >= 0.6 is 0 Å². The van der Waals surface area contributed by atoms with Gasteiger partial charge in [-0.25, -0.2) is 0 Å². The summed E-state index contributed by atoms with van der Waals surface area (Å²) >= 11 is 0. The van der Waals surface area contributed by atoms with Crippen LogP contribution in [0.1, 0.15) is 13.8 Å². The number of carbonyl (C=O) groups excluding carboxylic acids is 1. The minimum atomic E-state index is -1.04. The Hall–Kier alpha value is -1.33. The molecule has 1 saturated carbocycles. The van der Waals surface area contributed by atoms with Gasteiger partial charge in [0.2, 0.25) is 0 Å². The molecule has 2 unspecified atom stereocenters. The summed E-state index contributed by atoms with van der Waals surface area (Å²) in [6.07, 6.45) is 1.68. The molecule has 0 aromatic rings. The van der Waals surface area contributed by atoms with E-state index in [1.807, 2.05) is 32.1 Å². The Labute approximate surface area is 200 Å². The van der Waals surface area contributed by atoms with Crippen molar-refractivity contribution in [3.05, 3.63) is 23.8 Å². The molecule has 2 fully saturated rings. The summed E-state index contributed by atoms with van der Waals surface area (Å²) in [6, 6.07) is 0. The zero-order valence-electron chi connectivity index (χ0n) is 20.5. The Morgan fingerprint density at radius 3 is 2.44 bits per heavy atom. The van der Waals surface area contributed by atoms with E-state index in [0.29, 0.717) is 0 Å². The van der Waals surface area contributed by atoms with E-state index in [-0.39, 0.29) is 37.6 Å². The summed E-state index contributed by atoms with van der Waals surface area (Å²) in [5, 5.41) is 33.3. The van der Waals surface area contributed by atoms with Gasteiger partial charge in [0.25, 0.3) is 0 Å². The largest absolute Gasteiger partial charge is 0.459 e. The third-order valence-corrected chi connectivity index (χ3v) is 8.30. The molecular weight excluding hydrogens is 444 g/mol. The fourth-order valence-electron chi connectivity index (χ4n) is 6.87. The predicted molar refractivity (Wildman–Crippen MR) is 121 cm³/mol. The Kier molecular flexibility index (Phi) is 7.55. The molecule has 1 saturated heterocycles. The van der Waals surface area contributed by atoms with Gasteiger partial charge in [-0.05, 0) is 12.5 Å². The second kappa shape index (κ2) is 9.97. The van der Waals surface area contributed by atoms with Gasteiger partial charge in [-0.15, -0.1) is 0 Å². The summed E-state index contributed by atoms with van der Waals surface area (Å²) in [7, 11) is 4.54. The van der Waals surface area contributed by atoms with Gasteiger partial charge in [0.05, 0.1) is 44.1 Å². The van der Waals surface area contributed by atoms with E-state index in [1.165, 1.54) is 14.2 Å².